The molecule has 0 aliphatic heterocycles. The fourth-order valence-electron chi connectivity index (χ4n) is 1.44. The Hall–Kier alpha value is -0.830. The molecule has 2 nitrogen and oxygen atoms in total. The minimum absolute atomic E-state index is 0.522. The second-order valence-electron chi connectivity index (χ2n) is 3.93. The molecule has 0 unspecified atom stereocenters. The van der Waals surface area contributed by atoms with E-state index in [0.29, 0.717) is 11.8 Å². The molecule has 0 aromatic heterocycles. The van der Waals surface area contributed by atoms with Crippen molar-refractivity contribution in [2.24, 2.45) is 0 Å². The van der Waals surface area contributed by atoms with Crippen molar-refractivity contribution in [2.45, 2.75) is 19.8 Å². The van der Waals surface area contributed by atoms with Crippen molar-refractivity contribution in [2.75, 3.05) is 24.9 Å². The zero-order valence-electron chi connectivity index (χ0n) is 9.82. The van der Waals surface area contributed by atoms with Crippen LogP contribution in [0.5, 0.6) is 5.75 Å². The largest absolute Gasteiger partial charge is 0.495 e. The molecule has 0 heterocycles. The summed E-state index contributed by atoms with van der Waals surface area (Å²) in [5.41, 5.74) is 2.38. The van der Waals surface area contributed by atoms with Crippen LogP contribution < -0.4 is 9.64 Å². The molecular formula is C12H19NOS. The maximum Gasteiger partial charge on any atom is 0.142 e. The highest BCUT2D eigenvalue weighted by molar-refractivity contribution is 7.80. The molecule has 0 bridgehead atoms. The lowest BCUT2D eigenvalue weighted by Gasteiger charge is -2.20. The highest BCUT2D eigenvalue weighted by atomic mass is 32.1. The van der Waals surface area contributed by atoms with Gasteiger partial charge in [0.25, 0.3) is 0 Å². The molecule has 84 valence electrons. The van der Waals surface area contributed by atoms with Gasteiger partial charge in [0.15, 0.2) is 0 Å². The van der Waals surface area contributed by atoms with Crippen molar-refractivity contribution in [3.63, 3.8) is 0 Å². The number of ether oxygens (including phenoxy) is 1. The summed E-state index contributed by atoms with van der Waals surface area (Å²) in [4.78, 5) is 2.05. The lowest BCUT2D eigenvalue weighted by Crippen LogP contribution is -2.15. The molecule has 0 radical (unpaired) electrons. The number of hydrogen-bond acceptors (Lipinski definition) is 3. The normalized spacial score (nSPS) is 10.5. The van der Waals surface area contributed by atoms with Crippen LogP contribution in [-0.4, -0.2) is 20.0 Å². The molecule has 0 saturated carbocycles. The summed E-state index contributed by atoms with van der Waals surface area (Å²) in [6.07, 6.45) is 0. The average Bonchev–Trinajstić information content (AvgIpc) is 2.27. The lowest BCUT2D eigenvalue weighted by molar-refractivity contribution is 0.414. The van der Waals surface area contributed by atoms with Gasteiger partial charge in [0.05, 0.1) is 18.7 Å². The SMILES string of the molecule is COc1cc(C(C)C)ccc1N(C)CS. The van der Waals surface area contributed by atoms with Gasteiger partial charge in [-0.15, -0.1) is 0 Å². The van der Waals surface area contributed by atoms with Gasteiger partial charge in [-0.1, -0.05) is 19.9 Å². The number of nitrogens with zero attached hydrogens (tertiary/aromatic N) is 1. The van der Waals surface area contributed by atoms with Gasteiger partial charge in [-0.3, -0.25) is 0 Å². The maximum atomic E-state index is 5.38. The molecule has 0 aliphatic carbocycles. The van der Waals surface area contributed by atoms with Crippen LogP contribution in [-0.2, 0) is 0 Å². The van der Waals surface area contributed by atoms with Gasteiger partial charge in [0, 0.05) is 7.05 Å². The Bertz CT molecular complexity index is 325. The first kappa shape index (κ1) is 12.2. The zero-order valence-corrected chi connectivity index (χ0v) is 10.7. The summed E-state index contributed by atoms with van der Waals surface area (Å²) in [7, 11) is 3.70. The lowest BCUT2D eigenvalue weighted by atomic mass is 10.0. The van der Waals surface area contributed by atoms with E-state index in [-0.39, 0.29) is 0 Å². The van der Waals surface area contributed by atoms with E-state index >= 15 is 0 Å². The second-order valence-corrected chi connectivity index (χ2v) is 4.21. The van der Waals surface area contributed by atoms with Crippen molar-refractivity contribution < 1.29 is 4.74 Å². The summed E-state index contributed by atoms with van der Waals surface area (Å²) in [6, 6.07) is 6.33. The highest BCUT2D eigenvalue weighted by Crippen LogP contribution is 2.31. The highest BCUT2D eigenvalue weighted by Gasteiger charge is 2.09. The molecule has 1 aromatic carbocycles. The van der Waals surface area contributed by atoms with Crippen LogP contribution >= 0.6 is 12.6 Å². The third-order valence-corrected chi connectivity index (χ3v) is 2.92. The summed E-state index contributed by atoms with van der Waals surface area (Å²) in [5.74, 6) is 2.12. The summed E-state index contributed by atoms with van der Waals surface area (Å²) in [5, 5.41) is 0. The molecule has 1 aromatic rings. The van der Waals surface area contributed by atoms with Crippen molar-refractivity contribution in [3.8, 4) is 5.75 Å². The van der Waals surface area contributed by atoms with E-state index in [4.69, 9.17) is 4.74 Å². The van der Waals surface area contributed by atoms with Gasteiger partial charge in [0.1, 0.15) is 5.75 Å². The van der Waals surface area contributed by atoms with E-state index in [1.807, 2.05) is 11.9 Å². The fraction of sp³-hybridized carbons (Fsp3) is 0.500. The minimum atomic E-state index is 0.522. The van der Waals surface area contributed by atoms with Gasteiger partial charge in [0.2, 0.25) is 0 Å². The molecule has 1 rings (SSSR count). The molecular weight excluding hydrogens is 206 g/mol. The Labute approximate surface area is 97.6 Å². The third-order valence-electron chi connectivity index (χ3n) is 2.49. The molecule has 15 heavy (non-hydrogen) atoms. The second kappa shape index (κ2) is 5.31. The van der Waals surface area contributed by atoms with Crippen molar-refractivity contribution in [1.82, 2.24) is 0 Å². The third kappa shape index (κ3) is 2.81. The van der Waals surface area contributed by atoms with Gasteiger partial charge in [-0.05, 0) is 23.6 Å². The van der Waals surface area contributed by atoms with E-state index in [1.165, 1.54) is 5.56 Å². The molecule has 0 N–H and O–H groups in total. The first-order valence-electron chi connectivity index (χ1n) is 5.10. The van der Waals surface area contributed by atoms with Crippen molar-refractivity contribution in [1.29, 1.82) is 0 Å². The van der Waals surface area contributed by atoms with Gasteiger partial charge in [-0.2, -0.15) is 12.6 Å². The first-order valence-corrected chi connectivity index (χ1v) is 5.73. The Balaban J connectivity index is 3.09. The topological polar surface area (TPSA) is 12.5 Å². The van der Waals surface area contributed by atoms with E-state index < -0.39 is 0 Å². The Morgan fingerprint density at radius 2 is 2.07 bits per heavy atom. The molecule has 0 atom stereocenters. The molecule has 0 fully saturated rings. The maximum absolute atomic E-state index is 5.38. The minimum Gasteiger partial charge on any atom is -0.495 e. The molecule has 0 saturated heterocycles. The zero-order chi connectivity index (χ0) is 11.4. The molecule has 0 spiro atoms. The Kier molecular flexibility index (Phi) is 4.33. The van der Waals surface area contributed by atoms with Gasteiger partial charge in [-0.25, -0.2) is 0 Å². The van der Waals surface area contributed by atoms with Crippen LogP contribution in [0.25, 0.3) is 0 Å². The van der Waals surface area contributed by atoms with Crippen LogP contribution in [0.3, 0.4) is 0 Å². The monoisotopic (exact) mass is 225 g/mol. The van der Waals surface area contributed by atoms with Crippen LogP contribution in [0.2, 0.25) is 0 Å². The number of anilines is 1. The standard InChI is InChI=1S/C12H19NOS/c1-9(2)10-5-6-11(13(3)8-15)12(7-10)14-4/h5-7,9,15H,8H2,1-4H3. The Morgan fingerprint density at radius 3 is 2.53 bits per heavy atom. The summed E-state index contributed by atoms with van der Waals surface area (Å²) >= 11 is 4.25. The number of hydrogen-bond donors (Lipinski definition) is 1. The van der Waals surface area contributed by atoms with E-state index in [9.17, 15) is 0 Å². The van der Waals surface area contributed by atoms with Crippen LogP contribution in [0.1, 0.15) is 25.3 Å². The van der Waals surface area contributed by atoms with Crippen molar-refractivity contribution in [3.05, 3.63) is 23.8 Å². The number of benzene rings is 1. The predicted octanol–water partition coefficient (Wildman–Crippen LogP) is 3.14. The molecule has 0 amide bonds. The smallest absolute Gasteiger partial charge is 0.142 e. The van der Waals surface area contributed by atoms with E-state index in [2.05, 4.69) is 44.7 Å². The van der Waals surface area contributed by atoms with Crippen molar-refractivity contribution >= 4 is 18.3 Å². The summed E-state index contributed by atoms with van der Waals surface area (Å²) in [6.45, 7) is 4.35. The van der Waals surface area contributed by atoms with Gasteiger partial charge < -0.3 is 9.64 Å². The first-order chi connectivity index (χ1) is 7.10. The number of rotatable bonds is 4. The molecule has 3 heteroatoms. The quantitative estimate of drug-likeness (QED) is 0.624. The number of methoxy groups -OCH3 is 1. The van der Waals surface area contributed by atoms with E-state index in [0.717, 1.165) is 11.4 Å². The van der Waals surface area contributed by atoms with E-state index in [1.54, 1.807) is 7.11 Å². The number of thiol groups is 1. The predicted molar refractivity (Wildman–Crippen MR) is 69.3 cm³/mol. The van der Waals surface area contributed by atoms with Crippen LogP contribution in [0.4, 0.5) is 5.69 Å². The van der Waals surface area contributed by atoms with Crippen LogP contribution in [0.15, 0.2) is 18.2 Å². The Morgan fingerprint density at radius 1 is 1.40 bits per heavy atom. The average molecular weight is 225 g/mol. The summed E-state index contributed by atoms with van der Waals surface area (Å²) < 4.78 is 5.38. The van der Waals surface area contributed by atoms with Gasteiger partial charge >= 0.3 is 0 Å². The van der Waals surface area contributed by atoms with Crippen LogP contribution in [0, 0.1) is 0 Å². The molecule has 0 aliphatic rings. The fourth-order valence-corrected chi connectivity index (χ4v) is 1.60.